The van der Waals surface area contributed by atoms with Gasteiger partial charge in [-0.25, -0.2) is 13.8 Å². The van der Waals surface area contributed by atoms with Gasteiger partial charge in [-0.2, -0.15) is 0 Å². The first-order chi connectivity index (χ1) is 7.95. The molecule has 0 radical (unpaired) electrons. The number of nitrogens with zero attached hydrogens (tertiary/aromatic N) is 1. The minimum Gasteiger partial charge on any atom is -0.466 e. The van der Waals surface area contributed by atoms with Crippen molar-refractivity contribution in [1.29, 1.82) is 0 Å². The third-order valence-corrected chi connectivity index (χ3v) is 2.99. The first-order valence-corrected chi connectivity index (χ1v) is 6.13. The van der Waals surface area contributed by atoms with Crippen molar-refractivity contribution in [3.63, 3.8) is 0 Å². The number of hydrogen-bond donors (Lipinski definition) is 0. The van der Waals surface area contributed by atoms with Crippen LogP contribution in [0.4, 0.5) is 8.78 Å². The lowest BCUT2D eigenvalue weighted by molar-refractivity contribution is -0.142. The summed E-state index contributed by atoms with van der Waals surface area (Å²) in [6, 6.07) is 1.60. The molecule has 17 heavy (non-hydrogen) atoms. The number of ether oxygens (including phenoxy) is 1. The number of alkyl halides is 2. The van der Waals surface area contributed by atoms with Crippen LogP contribution in [0.3, 0.4) is 0 Å². The van der Waals surface area contributed by atoms with Crippen molar-refractivity contribution in [3.8, 4) is 0 Å². The quantitative estimate of drug-likeness (QED) is 0.616. The molecule has 1 aromatic rings. The van der Waals surface area contributed by atoms with Gasteiger partial charge in [0, 0.05) is 3.57 Å². The average Bonchev–Trinajstić information content (AvgIpc) is 2.21. The van der Waals surface area contributed by atoms with E-state index in [1.165, 1.54) is 0 Å². The number of esters is 1. The zero-order valence-electron chi connectivity index (χ0n) is 9.47. The second-order valence-corrected chi connectivity index (χ2v) is 4.56. The molecule has 0 saturated carbocycles. The van der Waals surface area contributed by atoms with E-state index in [-0.39, 0.29) is 18.7 Å². The molecule has 0 atom stereocenters. The smallest absolute Gasteiger partial charge is 0.311 e. The van der Waals surface area contributed by atoms with Gasteiger partial charge in [0.25, 0.3) is 6.43 Å². The Balaban J connectivity index is 2.99. The zero-order valence-corrected chi connectivity index (χ0v) is 11.6. The van der Waals surface area contributed by atoms with E-state index in [0.717, 1.165) is 0 Å². The number of halogens is 3. The number of aromatic nitrogens is 1. The standard InChI is InChI=1S/C11H12F2INO2/c1-3-17-9(16)5-8-6(2)4-7(14)10(15-8)11(12)13/h4,11H,3,5H2,1-2H3. The van der Waals surface area contributed by atoms with Crippen LogP contribution in [0.15, 0.2) is 6.07 Å². The van der Waals surface area contributed by atoms with Crippen molar-refractivity contribution in [2.24, 2.45) is 0 Å². The Morgan fingerprint density at radius 3 is 2.76 bits per heavy atom. The minimum absolute atomic E-state index is 0.0731. The van der Waals surface area contributed by atoms with Gasteiger partial charge in [-0.05, 0) is 48.1 Å². The number of carbonyl (C=O) groups excluding carboxylic acids is 1. The summed E-state index contributed by atoms with van der Waals surface area (Å²) in [4.78, 5) is 15.1. The number of pyridine rings is 1. The highest BCUT2D eigenvalue weighted by Gasteiger charge is 2.17. The van der Waals surface area contributed by atoms with Crippen LogP contribution in [-0.4, -0.2) is 17.6 Å². The molecule has 0 aliphatic heterocycles. The molecule has 0 aliphatic carbocycles. The van der Waals surface area contributed by atoms with Crippen LogP contribution < -0.4 is 0 Å². The molecule has 3 nitrogen and oxygen atoms in total. The summed E-state index contributed by atoms with van der Waals surface area (Å²) in [6.45, 7) is 3.69. The summed E-state index contributed by atoms with van der Waals surface area (Å²) in [6.07, 6.45) is -2.71. The van der Waals surface area contributed by atoms with E-state index in [0.29, 0.717) is 14.8 Å². The summed E-state index contributed by atoms with van der Waals surface area (Å²) in [7, 11) is 0. The molecule has 0 bridgehead atoms. The van der Waals surface area contributed by atoms with Crippen LogP contribution in [0.1, 0.15) is 30.3 Å². The Bertz CT molecular complexity index is 424. The average molecular weight is 355 g/mol. The molecule has 1 rings (SSSR count). The molecule has 1 aromatic heterocycles. The number of carbonyl (C=O) groups is 1. The summed E-state index contributed by atoms with van der Waals surface area (Å²) in [5, 5.41) is 0. The van der Waals surface area contributed by atoms with Crippen LogP contribution in [0.5, 0.6) is 0 Å². The highest BCUT2D eigenvalue weighted by Crippen LogP contribution is 2.24. The van der Waals surface area contributed by atoms with Crippen molar-refractivity contribution in [2.75, 3.05) is 6.61 Å². The molecule has 0 unspecified atom stereocenters. The highest BCUT2D eigenvalue weighted by atomic mass is 127. The van der Waals surface area contributed by atoms with E-state index in [1.807, 2.05) is 22.6 Å². The van der Waals surface area contributed by atoms with Gasteiger partial charge in [0.1, 0.15) is 5.69 Å². The molecular weight excluding hydrogens is 343 g/mol. The zero-order chi connectivity index (χ0) is 13.0. The lowest BCUT2D eigenvalue weighted by Crippen LogP contribution is -2.11. The van der Waals surface area contributed by atoms with E-state index in [1.54, 1.807) is 19.9 Å². The van der Waals surface area contributed by atoms with Gasteiger partial charge in [0.15, 0.2) is 0 Å². The number of aryl methyl sites for hydroxylation is 1. The van der Waals surface area contributed by atoms with Crippen LogP contribution in [0, 0.1) is 10.5 Å². The predicted molar refractivity (Wildman–Crippen MR) is 67.0 cm³/mol. The van der Waals surface area contributed by atoms with Gasteiger partial charge in [0.05, 0.1) is 18.7 Å². The lowest BCUT2D eigenvalue weighted by atomic mass is 10.1. The van der Waals surface area contributed by atoms with Gasteiger partial charge in [0.2, 0.25) is 0 Å². The molecule has 0 fully saturated rings. The maximum Gasteiger partial charge on any atom is 0.311 e. The Morgan fingerprint density at radius 2 is 2.24 bits per heavy atom. The van der Waals surface area contributed by atoms with E-state index < -0.39 is 12.4 Å². The Hall–Kier alpha value is -0.790. The molecule has 0 aliphatic rings. The molecular formula is C11H12F2INO2. The highest BCUT2D eigenvalue weighted by molar-refractivity contribution is 14.1. The van der Waals surface area contributed by atoms with E-state index >= 15 is 0 Å². The summed E-state index contributed by atoms with van der Waals surface area (Å²) >= 11 is 1.81. The Morgan fingerprint density at radius 1 is 1.59 bits per heavy atom. The van der Waals surface area contributed by atoms with Gasteiger partial charge < -0.3 is 4.74 Å². The predicted octanol–water partition coefficient (Wildman–Crippen LogP) is 3.04. The van der Waals surface area contributed by atoms with Gasteiger partial charge in [-0.1, -0.05) is 0 Å². The molecule has 0 N–H and O–H groups in total. The van der Waals surface area contributed by atoms with E-state index in [4.69, 9.17) is 4.74 Å². The van der Waals surface area contributed by atoms with Gasteiger partial charge in [-0.3, -0.25) is 4.79 Å². The molecule has 0 amide bonds. The molecule has 1 heterocycles. The third-order valence-electron chi connectivity index (χ3n) is 2.12. The van der Waals surface area contributed by atoms with Crippen molar-refractivity contribution >= 4 is 28.6 Å². The van der Waals surface area contributed by atoms with E-state index in [9.17, 15) is 13.6 Å². The molecule has 0 aromatic carbocycles. The van der Waals surface area contributed by atoms with Gasteiger partial charge >= 0.3 is 5.97 Å². The first kappa shape index (κ1) is 14.3. The topological polar surface area (TPSA) is 39.2 Å². The fourth-order valence-electron chi connectivity index (χ4n) is 1.32. The molecule has 0 spiro atoms. The van der Waals surface area contributed by atoms with Crippen molar-refractivity contribution in [3.05, 3.63) is 26.6 Å². The van der Waals surface area contributed by atoms with Crippen molar-refractivity contribution in [1.82, 2.24) is 4.98 Å². The first-order valence-electron chi connectivity index (χ1n) is 5.05. The SMILES string of the molecule is CCOC(=O)Cc1nc(C(F)F)c(I)cc1C. The van der Waals surface area contributed by atoms with Gasteiger partial charge in [-0.15, -0.1) is 0 Å². The third kappa shape index (κ3) is 3.86. The number of rotatable bonds is 4. The number of hydrogen-bond acceptors (Lipinski definition) is 3. The molecule has 94 valence electrons. The largest absolute Gasteiger partial charge is 0.466 e. The second-order valence-electron chi connectivity index (χ2n) is 3.40. The maximum atomic E-state index is 12.6. The van der Waals surface area contributed by atoms with Crippen LogP contribution in [-0.2, 0) is 16.0 Å². The van der Waals surface area contributed by atoms with Crippen LogP contribution >= 0.6 is 22.6 Å². The maximum absolute atomic E-state index is 12.6. The normalized spacial score (nSPS) is 10.7. The lowest BCUT2D eigenvalue weighted by Gasteiger charge is -2.09. The van der Waals surface area contributed by atoms with Crippen LogP contribution in [0.25, 0.3) is 0 Å². The van der Waals surface area contributed by atoms with E-state index in [2.05, 4.69) is 4.98 Å². The minimum atomic E-state index is -2.64. The Labute approximate surface area is 112 Å². The summed E-state index contributed by atoms with van der Waals surface area (Å²) in [5.74, 6) is -0.454. The summed E-state index contributed by atoms with van der Waals surface area (Å²) < 4.78 is 30.5. The monoisotopic (exact) mass is 355 g/mol. The van der Waals surface area contributed by atoms with Crippen molar-refractivity contribution < 1.29 is 18.3 Å². The molecule has 0 saturated heterocycles. The van der Waals surface area contributed by atoms with Crippen LogP contribution in [0.2, 0.25) is 0 Å². The fourth-order valence-corrected chi connectivity index (χ4v) is 2.14. The molecule has 6 heteroatoms. The fraction of sp³-hybridized carbons (Fsp3) is 0.455. The Kier molecular flexibility index (Phi) is 5.23. The summed E-state index contributed by atoms with van der Waals surface area (Å²) in [5.41, 5.74) is 0.779. The second kappa shape index (κ2) is 6.23. The van der Waals surface area contributed by atoms with Crippen molar-refractivity contribution in [2.45, 2.75) is 26.7 Å².